The van der Waals surface area contributed by atoms with Gasteiger partial charge in [0.15, 0.2) is 0 Å². The highest BCUT2D eigenvalue weighted by Crippen LogP contribution is 2.42. The summed E-state index contributed by atoms with van der Waals surface area (Å²) >= 11 is 0. The second-order valence-electron chi connectivity index (χ2n) is 7.28. The molecule has 1 atom stereocenters. The first-order chi connectivity index (χ1) is 14.9. The van der Waals surface area contributed by atoms with Crippen molar-refractivity contribution in [2.24, 2.45) is 0 Å². The monoisotopic (exact) mass is 417 g/mol. The van der Waals surface area contributed by atoms with Gasteiger partial charge in [0, 0.05) is 11.3 Å². The van der Waals surface area contributed by atoms with Crippen LogP contribution in [0.5, 0.6) is 5.75 Å². The molecule has 0 radical (unpaired) electrons. The van der Waals surface area contributed by atoms with Crippen LogP contribution in [0.15, 0.2) is 78.4 Å². The molecule has 0 spiro atoms. The van der Waals surface area contributed by atoms with Gasteiger partial charge in [0.1, 0.15) is 17.3 Å². The molecule has 0 bridgehead atoms. The number of methoxy groups -OCH3 is 1. The predicted molar refractivity (Wildman–Crippen MR) is 115 cm³/mol. The summed E-state index contributed by atoms with van der Waals surface area (Å²) in [5.41, 5.74) is 2.37. The maximum atomic E-state index is 13.5. The van der Waals surface area contributed by atoms with Gasteiger partial charge in [-0.2, -0.15) is 0 Å². The molecule has 1 aliphatic rings. The van der Waals surface area contributed by atoms with E-state index in [0.717, 1.165) is 5.56 Å². The van der Waals surface area contributed by atoms with Crippen molar-refractivity contribution in [3.8, 4) is 5.75 Å². The van der Waals surface area contributed by atoms with Gasteiger partial charge < -0.3 is 9.84 Å². The first-order valence-corrected chi connectivity index (χ1v) is 9.68. The number of rotatable bonds is 4. The Kier molecular flexibility index (Phi) is 5.29. The lowest BCUT2D eigenvalue weighted by Crippen LogP contribution is -2.29. The maximum absolute atomic E-state index is 13.5. The minimum atomic E-state index is -0.877. The first-order valence-electron chi connectivity index (χ1n) is 9.68. The number of hydrogen-bond acceptors (Lipinski definition) is 4. The second kappa shape index (κ2) is 8.07. The highest BCUT2D eigenvalue weighted by Gasteiger charge is 2.46. The fourth-order valence-electron chi connectivity index (χ4n) is 3.67. The summed E-state index contributed by atoms with van der Waals surface area (Å²) < 4.78 is 18.7. The summed E-state index contributed by atoms with van der Waals surface area (Å²) in [5.74, 6) is -1.70. The smallest absolute Gasteiger partial charge is 0.300 e. The molecule has 3 aromatic carbocycles. The van der Waals surface area contributed by atoms with Gasteiger partial charge in [-0.25, -0.2) is 4.39 Å². The Hall–Kier alpha value is -3.93. The molecule has 4 rings (SSSR count). The lowest BCUT2D eigenvalue weighted by atomic mass is 9.95. The molecule has 1 amide bonds. The SMILES string of the molecule is COc1ccc([C@@H]2C(=C(O)c3ccc(C)cc3)C(=O)C(=O)N2c2ccc(F)cc2)cc1. The van der Waals surface area contributed by atoms with Crippen LogP contribution in [-0.2, 0) is 9.59 Å². The minimum Gasteiger partial charge on any atom is -0.507 e. The fraction of sp³-hybridized carbons (Fsp3) is 0.120. The van der Waals surface area contributed by atoms with Crippen molar-refractivity contribution in [3.63, 3.8) is 0 Å². The number of benzene rings is 3. The molecular weight excluding hydrogens is 397 g/mol. The number of aliphatic hydroxyl groups is 1. The van der Waals surface area contributed by atoms with Gasteiger partial charge >= 0.3 is 0 Å². The van der Waals surface area contributed by atoms with Crippen molar-refractivity contribution in [2.75, 3.05) is 12.0 Å². The zero-order chi connectivity index (χ0) is 22.1. The van der Waals surface area contributed by atoms with E-state index in [-0.39, 0.29) is 11.3 Å². The molecule has 1 N–H and O–H groups in total. The number of Topliss-reactive ketones (excluding diaryl/α,β-unsaturated/α-hetero) is 1. The molecule has 31 heavy (non-hydrogen) atoms. The highest BCUT2D eigenvalue weighted by atomic mass is 19.1. The van der Waals surface area contributed by atoms with E-state index in [0.29, 0.717) is 22.6 Å². The molecule has 0 unspecified atom stereocenters. The Balaban J connectivity index is 1.92. The molecule has 3 aromatic rings. The van der Waals surface area contributed by atoms with Crippen LogP contribution in [0.2, 0.25) is 0 Å². The second-order valence-corrected chi connectivity index (χ2v) is 7.28. The van der Waals surface area contributed by atoms with Gasteiger partial charge in [0.25, 0.3) is 11.7 Å². The Morgan fingerprint density at radius 1 is 0.935 bits per heavy atom. The summed E-state index contributed by atoms with van der Waals surface area (Å²) in [4.78, 5) is 27.3. The zero-order valence-electron chi connectivity index (χ0n) is 17.0. The third-order valence-corrected chi connectivity index (χ3v) is 5.31. The van der Waals surface area contributed by atoms with Crippen molar-refractivity contribution in [3.05, 3.63) is 101 Å². The summed E-state index contributed by atoms with van der Waals surface area (Å²) in [6, 6.07) is 18.3. The first kappa shape index (κ1) is 20.3. The number of aryl methyl sites for hydroxylation is 1. The number of amides is 1. The Bertz CT molecular complexity index is 1170. The number of ketones is 1. The lowest BCUT2D eigenvalue weighted by Gasteiger charge is -2.25. The van der Waals surface area contributed by atoms with E-state index in [1.165, 1.54) is 36.3 Å². The molecule has 6 heteroatoms. The number of ether oxygens (including phenoxy) is 1. The standard InChI is InChI=1S/C25H20FNO4/c1-15-3-5-17(6-4-15)23(28)21-22(16-7-13-20(31-2)14-8-16)27(25(30)24(21)29)19-11-9-18(26)10-12-19/h3-14,22,28H,1-2H3/t22-/m1/s1. The van der Waals surface area contributed by atoms with Crippen LogP contribution in [-0.4, -0.2) is 23.9 Å². The summed E-state index contributed by atoms with van der Waals surface area (Å²) in [6.45, 7) is 1.91. The zero-order valence-corrected chi connectivity index (χ0v) is 17.0. The van der Waals surface area contributed by atoms with Gasteiger partial charge in [-0.1, -0.05) is 42.0 Å². The maximum Gasteiger partial charge on any atom is 0.300 e. The van der Waals surface area contributed by atoms with Gasteiger partial charge in [0.05, 0.1) is 18.7 Å². The van der Waals surface area contributed by atoms with E-state index in [2.05, 4.69) is 0 Å². The third kappa shape index (κ3) is 3.68. The van der Waals surface area contributed by atoms with Crippen molar-refractivity contribution in [2.45, 2.75) is 13.0 Å². The minimum absolute atomic E-state index is 0.0247. The largest absolute Gasteiger partial charge is 0.507 e. The van der Waals surface area contributed by atoms with Crippen molar-refractivity contribution >= 4 is 23.1 Å². The molecule has 1 heterocycles. The highest BCUT2D eigenvalue weighted by molar-refractivity contribution is 6.51. The topological polar surface area (TPSA) is 66.8 Å². The average molecular weight is 417 g/mol. The fourth-order valence-corrected chi connectivity index (χ4v) is 3.67. The number of aliphatic hydroxyl groups excluding tert-OH is 1. The number of anilines is 1. The van der Waals surface area contributed by atoms with E-state index in [9.17, 15) is 19.1 Å². The number of nitrogens with zero attached hydrogens (tertiary/aromatic N) is 1. The van der Waals surface area contributed by atoms with E-state index < -0.39 is 23.5 Å². The molecular formula is C25H20FNO4. The van der Waals surface area contributed by atoms with Crippen molar-refractivity contribution < 1.29 is 23.8 Å². The van der Waals surface area contributed by atoms with Crippen LogP contribution in [0.1, 0.15) is 22.7 Å². The Morgan fingerprint density at radius 3 is 2.13 bits per heavy atom. The van der Waals surface area contributed by atoms with Crippen LogP contribution in [0, 0.1) is 12.7 Å². The van der Waals surface area contributed by atoms with Gasteiger partial charge in [-0.05, 0) is 48.9 Å². The molecule has 0 saturated carbocycles. The molecule has 1 saturated heterocycles. The van der Waals surface area contributed by atoms with Crippen molar-refractivity contribution in [1.29, 1.82) is 0 Å². The molecule has 5 nitrogen and oxygen atoms in total. The Morgan fingerprint density at radius 2 is 1.55 bits per heavy atom. The third-order valence-electron chi connectivity index (χ3n) is 5.31. The number of halogens is 1. The lowest BCUT2D eigenvalue weighted by molar-refractivity contribution is -0.132. The van der Waals surface area contributed by atoms with Crippen molar-refractivity contribution in [1.82, 2.24) is 0 Å². The molecule has 0 aliphatic carbocycles. The number of carbonyl (C=O) groups is 2. The summed E-state index contributed by atoms with van der Waals surface area (Å²) in [5, 5.41) is 11.0. The summed E-state index contributed by atoms with van der Waals surface area (Å²) in [7, 11) is 1.54. The molecule has 1 aliphatic heterocycles. The van der Waals surface area contributed by atoms with Crippen LogP contribution in [0.25, 0.3) is 5.76 Å². The van der Waals surface area contributed by atoms with Crippen LogP contribution >= 0.6 is 0 Å². The van der Waals surface area contributed by atoms with Gasteiger partial charge in [-0.15, -0.1) is 0 Å². The van der Waals surface area contributed by atoms with Crippen LogP contribution in [0.3, 0.4) is 0 Å². The quantitative estimate of drug-likeness (QED) is 0.377. The molecule has 0 aromatic heterocycles. The van der Waals surface area contributed by atoms with E-state index in [4.69, 9.17) is 4.74 Å². The summed E-state index contributed by atoms with van der Waals surface area (Å²) in [6.07, 6.45) is 0. The normalized spacial score (nSPS) is 17.8. The number of hydrogen-bond donors (Lipinski definition) is 1. The van der Waals surface area contributed by atoms with E-state index in [1.807, 2.05) is 19.1 Å². The van der Waals surface area contributed by atoms with Gasteiger partial charge in [0.2, 0.25) is 0 Å². The predicted octanol–water partition coefficient (Wildman–Crippen LogP) is 4.77. The van der Waals surface area contributed by atoms with Crippen LogP contribution < -0.4 is 9.64 Å². The molecule has 1 fully saturated rings. The number of carbonyl (C=O) groups excluding carboxylic acids is 2. The van der Waals surface area contributed by atoms with E-state index >= 15 is 0 Å². The van der Waals surface area contributed by atoms with Gasteiger partial charge in [-0.3, -0.25) is 14.5 Å². The van der Waals surface area contributed by atoms with E-state index in [1.54, 1.807) is 36.4 Å². The molecule has 156 valence electrons. The van der Waals surface area contributed by atoms with Crippen LogP contribution in [0.4, 0.5) is 10.1 Å². The Labute approximate surface area is 179 Å². The average Bonchev–Trinajstić information content (AvgIpc) is 3.05.